The predicted octanol–water partition coefficient (Wildman–Crippen LogP) is 4.85. The molecule has 0 radical (unpaired) electrons. The second-order valence-corrected chi connectivity index (χ2v) is 8.20. The van der Waals surface area contributed by atoms with Gasteiger partial charge in [0.05, 0.1) is 29.0 Å². The molecule has 0 unspecified atom stereocenters. The summed E-state index contributed by atoms with van der Waals surface area (Å²) < 4.78 is 5.76. The van der Waals surface area contributed by atoms with E-state index in [2.05, 4.69) is 10.3 Å². The zero-order valence-electron chi connectivity index (χ0n) is 15.1. The molecule has 3 rings (SSSR count). The molecule has 1 heterocycles. The molecule has 1 aromatic heterocycles. The Morgan fingerprint density at radius 3 is 2.71 bits per heavy atom. The molecular formula is C19H17N3O4S2. The number of nitro groups is 1. The Labute approximate surface area is 169 Å². The SMILES string of the molecule is COc1ccc(NC(=O)[C@H](C)Sc2nc(-c3ccccc3)cs2)c([N+](=O)[O-])c1. The van der Waals surface area contributed by atoms with Gasteiger partial charge in [0.2, 0.25) is 5.91 Å². The minimum absolute atomic E-state index is 0.132. The van der Waals surface area contributed by atoms with Crippen molar-refractivity contribution in [2.75, 3.05) is 12.4 Å². The fourth-order valence-corrected chi connectivity index (χ4v) is 4.36. The van der Waals surface area contributed by atoms with Gasteiger partial charge in [0.1, 0.15) is 11.4 Å². The van der Waals surface area contributed by atoms with Gasteiger partial charge in [-0.2, -0.15) is 0 Å². The van der Waals surface area contributed by atoms with Gasteiger partial charge < -0.3 is 10.1 Å². The van der Waals surface area contributed by atoms with Crippen LogP contribution in [0.3, 0.4) is 0 Å². The molecule has 1 N–H and O–H groups in total. The number of aromatic nitrogens is 1. The summed E-state index contributed by atoms with van der Waals surface area (Å²) in [6.45, 7) is 1.74. The number of hydrogen-bond acceptors (Lipinski definition) is 7. The van der Waals surface area contributed by atoms with Crippen LogP contribution in [0.15, 0.2) is 58.3 Å². The summed E-state index contributed by atoms with van der Waals surface area (Å²) in [5, 5.41) is 15.3. The van der Waals surface area contributed by atoms with Crippen molar-refractivity contribution in [2.24, 2.45) is 0 Å². The average Bonchev–Trinajstić information content (AvgIpc) is 3.17. The van der Waals surface area contributed by atoms with Gasteiger partial charge >= 0.3 is 0 Å². The van der Waals surface area contributed by atoms with Crippen molar-refractivity contribution in [3.05, 3.63) is 64.0 Å². The van der Waals surface area contributed by atoms with Gasteiger partial charge in [-0.25, -0.2) is 4.98 Å². The fraction of sp³-hybridized carbons (Fsp3) is 0.158. The molecule has 7 nitrogen and oxygen atoms in total. The van der Waals surface area contributed by atoms with Crippen LogP contribution in [0.2, 0.25) is 0 Å². The van der Waals surface area contributed by atoms with Crippen LogP contribution >= 0.6 is 23.1 Å². The summed E-state index contributed by atoms with van der Waals surface area (Å²) >= 11 is 2.77. The first kappa shape index (κ1) is 19.8. The zero-order valence-corrected chi connectivity index (χ0v) is 16.8. The molecular weight excluding hydrogens is 398 g/mol. The maximum absolute atomic E-state index is 12.5. The normalized spacial score (nSPS) is 11.6. The number of nitrogens with zero attached hydrogens (tertiary/aromatic N) is 2. The zero-order chi connectivity index (χ0) is 20.1. The Balaban J connectivity index is 1.69. The molecule has 0 saturated carbocycles. The van der Waals surface area contributed by atoms with Gasteiger partial charge in [-0.05, 0) is 19.1 Å². The van der Waals surface area contributed by atoms with Crippen LogP contribution < -0.4 is 10.1 Å². The van der Waals surface area contributed by atoms with Crippen molar-refractivity contribution in [3.8, 4) is 17.0 Å². The van der Waals surface area contributed by atoms with E-state index in [-0.39, 0.29) is 17.3 Å². The molecule has 2 aromatic carbocycles. The van der Waals surface area contributed by atoms with Gasteiger partial charge in [0.15, 0.2) is 4.34 Å². The number of benzene rings is 2. The third kappa shape index (κ3) is 4.68. The van der Waals surface area contributed by atoms with E-state index in [0.717, 1.165) is 15.6 Å². The summed E-state index contributed by atoms with van der Waals surface area (Å²) in [6.07, 6.45) is 0. The summed E-state index contributed by atoms with van der Waals surface area (Å²) in [4.78, 5) is 27.8. The van der Waals surface area contributed by atoms with Crippen molar-refractivity contribution in [1.29, 1.82) is 0 Å². The largest absolute Gasteiger partial charge is 0.496 e. The Morgan fingerprint density at radius 2 is 2.04 bits per heavy atom. The van der Waals surface area contributed by atoms with Crippen molar-refractivity contribution in [3.63, 3.8) is 0 Å². The molecule has 1 atom stereocenters. The highest BCUT2D eigenvalue weighted by Gasteiger charge is 2.22. The maximum Gasteiger partial charge on any atom is 0.296 e. The second kappa shape index (κ2) is 8.85. The van der Waals surface area contributed by atoms with Crippen LogP contribution in [0.5, 0.6) is 5.75 Å². The number of carbonyl (C=O) groups excluding carboxylic acids is 1. The first-order valence-electron chi connectivity index (χ1n) is 8.29. The van der Waals surface area contributed by atoms with Gasteiger partial charge in [-0.1, -0.05) is 42.1 Å². The highest BCUT2D eigenvalue weighted by Crippen LogP contribution is 2.33. The molecule has 28 heavy (non-hydrogen) atoms. The molecule has 0 bridgehead atoms. The molecule has 0 saturated heterocycles. The topological polar surface area (TPSA) is 94.4 Å². The van der Waals surface area contributed by atoms with E-state index >= 15 is 0 Å². The number of anilines is 1. The van der Waals surface area contributed by atoms with E-state index in [9.17, 15) is 14.9 Å². The summed E-state index contributed by atoms with van der Waals surface area (Å²) in [7, 11) is 1.42. The predicted molar refractivity (Wildman–Crippen MR) is 111 cm³/mol. The number of nitrogens with one attached hydrogen (secondary N) is 1. The molecule has 9 heteroatoms. The van der Waals surface area contributed by atoms with Crippen molar-refractivity contribution < 1.29 is 14.5 Å². The van der Waals surface area contributed by atoms with Gasteiger partial charge in [0, 0.05) is 10.9 Å². The summed E-state index contributed by atoms with van der Waals surface area (Å²) in [5.74, 6) is 0.0121. The molecule has 0 spiro atoms. The van der Waals surface area contributed by atoms with E-state index in [4.69, 9.17) is 4.74 Å². The Kier molecular flexibility index (Phi) is 6.27. The molecule has 0 fully saturated rings. The standard InChI is InChI=1S/C19H17N3O4S2/c1-12(28-19-21-16(11-27-19)13-6-4-3-5-7-13)18(23)20-15-9-8-14(26-2)10-17(15)22(24)25/h3-12H,1-2H3,(H,20,23)/t12-/m0/s1. The Bertz CT molecular complexity index is 992. The van der Waals surface area contributed by atoms with Crippen LogP contribution in [0, 0.1) is 10.1 Å². The second-order valence-electron chi connectivity index (χ2n) is 5.75. The van der Waals surface area contributed by atoms with Crippen LogP contribution in [0.4, 0.5) is 11.4 Å². The lowest BCUT2D eigenvalue weighted by Crippen LogP contribution is -2.22. The van der Waals surface area contributed by atoms with E-state index in [1.54, 1.807) is 13.0 Å². The highest BCUT2D eigenvalue weighted by molar-refractivity contribution is 8.02. The Hall–Kier alpha value is -2.91. The quantitative estimate of drug-likeness (QED) is 0.337. The van der Waals surface area contributed by atoms with Crippen LogP contribution in [-0.4, -0.2) is 28.2 Å². The summed E-state index contributed by atoms with van der Waals surface area (Å²) in [6, 6.07) is 14.1. The van der Waals surface area contributed by atoms with Crippen molar-refractivity contribution in [1.82, 2.24) is 4.98 Å². The lowest BCUT2D eigenvalue weighted by atomic mass is 10.2. The average molecular weight is 415 g/mol. The third-order valence-corrected chi connectivity index (χ3v) is 5.93. The molecule has 0 aliphatic carbocycles. The number of ether oxygens (including phenoxy) is 1. The number of rotatable bonds is 7. The van der Waals surface area contributed by atoms with E-state index in [0.29, 0.717) is 5.75 Å². The number of nitro benzene ring substituents is 1. The first-order valence-corrected chi connectivity index (χ1v) is 10.0. The fourth-order valence-electron chi connectivity index (χ4n) is 2.39. The van der Waals surface area contributed by atoms with E-state index in [1.165, 1.54) is 42.3 Å². The first-order chi connectivity index (χ1) is 13.5. The number of methoxy groups -OCH3 is 1. The number of thiazole rings is 1. The van der Waals surface area contributed by atoms with Crippen LogP contribution in [-0.2, 0) is 4.79 Å². The lowest BCUT2D eigenvalue weighted by molar-refractivity contribution is -0.384. The minimum Gasteiger partial charge on any atom is -0.496 e. The number of amides is 1. The van der Waals surface area contributed by atoms with E-state index in [1.807, 2.05) is 35.7 Å². The van der Waals surface area contributed by atoms with Gasteiger partial charge in [-0.3, -0.25) is 14.9 Å². The minimum atomic E-state index is -0.553. The molecule has 1 amide bonds. The lowest BCUT2D eigenvalue weighted by Gasteiger charge is -2.11. The Morgan fingerprint density at radius 1 is 1.29 bits per heavy atom. The number of thioether (sulfide) groups is 1. The van der Waals surface area contributed by atoms with Crippen LogP contribution in [0.25, 0.3) is 11.3 Å². The molecule has 0 aliphatic heterocycles. The number of carbonyl (C=O) groups is 1. The summed E-state index contributed by atoms with van der Waals surface area (Å²) in [5.41, 5.74) is 1.78. The van der Waals surface area contributed by atoms with E-state index < -0.39 is 10.2 Å². The van der Waals surface area contributed by atoms with Gasteiger partial charge in [0.25, 0.3) is 5.69 Å². The highest BCUT2D eigenvalue weighted by atomic mass is 32.2. The van der Waals surface area contributed by atoms with Gasteiger partial charge in [-0.15, -0.1) is 11.3 Å². The molecule has 3 aromatic rings. The van der Waals surface area contributed by atoms with Crippen molar-refractivity contribution >= 4 is 40.4 Å². The van der Waals surface area contributed by atoms with Crippen LogP contribution in [0.1, 0.15) is 6.92 Å². The smallest absolute Gasteiger partial charge is 0.296 e. The maximum atomic E-state index is 12.5. The third-order valence-electron chi connectivity index (χ3n) is 3.86. The monoisotopic (exact) mass is 415 g/mol. The van der Waals surface area contributed by atoms with Crippen molar-refractivity contribution in [2.45, 2.75) is 16.5 Å². The number of hydrogen-bond donors (Lipinski definition) is 1. The molecule has 144 valence electrons. The molecule has 0 aliphatic rings.